The lowest BCUT2D eigenvalue weighted by atomic mass is 10.3. The second kappa shape index (κ2) is 5.12. The summed E-state index contributed by atoms with van der Waals surface area (Å²) in [5, 5.41) is 1.04. The van der Waals surface area contributed by atoms with E-state index in [0.29, 0.717) is 0 Å². The molecule has 2 aromatic rings. The number of hydrogen-bond acceptors (Lipinski definition) is 0. The molecule has 3 heteroatoms. The van der Waals surface area contributed by atoms with Crippen LogP contribution in [0.25, 0.3) is 5.69 Å². The average Bonchev–Trinajstić information content (AvgIpc) is 2.75. The van der Waals surface area contributed by atoms with E-state index in [1.807, 2.05) is 6.07 Å². The summed E-state index contributed by atoms with van der Waals surface area (Å²) < 4.78 is 4.39. The van der Waals surface area contributed by atoms with Crippen molar-refractivity contribution in [1.29, 1.82) is 0 Å². The number of para-hydroxylation sites is 1. The summed E-state index contributed by atoms with van der Waals surface area (Å²) >= 11 is 3.45. The molecule has 15 heavy (non-hydrogen) atoms. The first-order valence-corrected chi connectivity index (χ1v) is 6.22. The molecule has 1 aromatic carbocycles. The number of alkyl halides is 1. The molecule has 0 bridgehead atoms. The summed E-state index contributed by atoms with van der Waals surface area (Å²) in [7, 11) is 0. The van der Waals surface area contributed by atoms with E-state index in [4.69, 9.17) is 0 Å². The maximum atomic E-state index is 3.45. The van der Waals surface area contributed by atoms with Crippen LogP contribution in [0.2, 0.25) is 0 Å². The van der Waals surface area contributed by atoms with Crippen molar-refractivity contribution in [2.45, 2.75) is 13.0 Å². The summed E-state index contributed by atoms with van der Waals surface area (Å²) in [4.78, 5) is 0. The van der Waals surface area contributed by atoms with Crippen LogP contribution in [0.5, 0.6) is 0 Å². The molecule has 1 heterocycles. The highest BCUT2D eigenvalue weighted by molar-refractivity contribution is 9.09. The van der Waals surface area contributed by atoms with Gasteiger partial charge in [0.1, 0.15) is 5.69 Å². The SMILES string of the molecule is BrCCC[n+]1cccn1-c1ccccc1. The van der Waals surface area contributed by atoms with Gasteiger partial charge in [0.05, 0.1) is 6.20 Å². The molecule has 0 fully saturated rings. The first-order valence-electron chi connectivity index (χ1n) is 5.10. The molecule has 0 aliphatic heterocycles. The zero-order chi connectivity index (χ0) is 10.5. The van der Waals surface area contributed by atoms with E-state index in [1.54, 1.807) is 0 Å². The van der Waals surface area contributed by atoms with E-state index in [9.17, 15) is 0 Å². The summed E-state index contributed by atoms with van der Waals surface area (Å²) in [6, 6.07) is 12.5. The molecule has 0 saturated heterocycles. The Bertz CT molecular complexity index is 409. The van der Waals surface area contributed by atoms with Crippen molar-refractivity contribution in [2.24, 2.45) is 0 Å². The van der Waals surface area contributed by atoms with Gasteiger partial charge in [-0.2, -0.15) is 0 Å². The zero-order valence-corrected chi connectivity index (χ0v) is 10.1. The van der Waals surface area contributed by atoms with Gasteiger partial charge in [0.25, 0.3) is 0 Å². The van der Waals surface area contributed by atoms with Crippen molar-refractivity contribution in [3.63, 3.8) is 0 Å². The third-order valence-corrected chi connectivity index (χ3v) is 2.86. The minimum Gasteiger partial charge on any atom is -0.128 e. The molecule has 0 N–H and O–H groups in total. The highest BCUT2D eigenvalue weighted by atomic mass is 79.9. The van der Waals surface area contributed by atoms with Crippen molar-refractivity contribution in [2.75, 3.05) is 5.33 Å². The number of benzene rings is 1. The minimum atomic E-state index is 1.03. The summed E-state index contributed by atoms with van der Waals surface area (Å²) in [6.45, 7) is 1.03. The number of nitrogens with zero attached hydrogens (tertiary/aromatic N) is 2. The van der Waals surface area contributed by atoms with Crippen LogP contribution in [0.15, 0.2) is 48.8 Å². The van der Waals surface area contributed by atoms with E-state index >= 15 is 0 Å². The Hall–Kier alpha value is -1.09. The van der Waals surface area contributed by atoms with Crippen LogP contribution >= 0.6 is 15.9 Å². The third-order valence-electron chi connectivity index (χ3n) is 2.30. The van der Waals surface area contributed by atoms with Gasteiger partial charge in [-0.1, -0.05) is 34.1 Å². The molecule has 2 nitrogen and oxygen atoms in total. The quantitative estimate of drug-likeness (QED) is 0.594. The molecule has 0 unspecified atom stereocenters. The second-order valence-corrected chi connectivity index (χ2v) is 4.17. The van der Waals surface area contributed by atoms with Gasteiger partial charge in [-0.05, 0) is 12.1 Å². The average molecular weight is 266 g/mol. The minimum absolute atomic E-state index is 1.03. The first kappa shape index (κ1) is 10.4. The van der Waals surface area contributed by atoms with Crippen molar-refractivity contribution in [1.82, 2.24) is 4.68 Å². The van der Waals surface area contributed by atoms with E-state index in [-0.39, 0.29) is 0 Å². The van der Waals surface area contributed by atoms with E-state index in [1.165, 1.54) is 5.69 Å². The first-order chi connectivity index (χ1) is 7.42. The van der Waals surface area contributed by atoms with Crippen LogP contribution in [0.1, 0.15) is 6.42 Å². The Morgan fingerprint density at radius 3 is 2.67 bits per heavy atom. The monoisotopic (exact) mass is 265 g/mol. The fraction of sp³-hybridized carbons (Fsp3) is 0.250. The predicted octanol–water partition coefficient (Wildman–Crippen LogP) is 2.55. The highest BCUT2D eigenvalue weighted by Crippen LogP contribution is 2.03. The Labute approximate surface area is 98.3 Å². The van der Waals surface area contributed by atoms with Crippen molar-refractivity contribution >= 4 is 15.9 Å². The van der Waals surface area contributed by atoms with Crippen molar-refractivity contribution in [3.05, 3.63) is 48.8 Å². The molecule has 78 valence electrons. The molecular formula is C12H14BrN2+. The molecule has 0 aliphatic carbocycles. The van der Waals surface area contributed by atoms with Crippen LogP contribution in [-0.2, 0) is 6.54 Å². The fourth-order valence-corrected chi connectivity index (χ4v) is 1.85. The maximum absolute atomic E-state index is 3.45. The van der Waals surface area contributed by atoms with Crippen LogP contribution in [0.3, 0.4) is 0 Å². The normalized spacial score (nSPS) is 10.5. The Morgan fingerprint density at radius 2 is 1.93 bits per heavy atom. The van der Waals surface area contributed by atoms with E-state index < -0.39 is 0 Å². The van der Waals surface area contributed by atoms with Gasteiger partial charge in [0, 0.05) is 17.8 Å². The summed E-state index contributed by atoms with van der Waals surface area (Å²) in [6.07, 6.45) is 5.33. The molecule has 0 atom stereocenters. The lowest BCUT2D eigenvalue weighted by Crippen LogP contribution is -2.41. The van der Waals surface area contributed by atoms with Gasteiger partial charge >= 0.3 is 0 Å². The fourth-order valence-electron chi connectivity index (χ4n) is 1.60. The Balaban J connectivity index is 2.25. The molecule has 0 amide bonds. The van der Waals surface area contributed by atoms with Crippen LogP contribution < -0.4 is 4.68 Å². The van der Waals surface area contributed by atoms with Gasteiger partial charge in [-0.25, -0.2) is 0 Å². The lowest BCUT2D eigenvalue weighted by molar-refractivity contribution is -0.766. The van der Waals surface area contributed by atoms with Crippen molar-refractivity contribution in [3.8, 4) is 5.69 Å². The Kier molecular flexibility index (Phi) is 3.56. The number of hydrogen-bond donors (Lipinski definition) is 0. The number of aromatic nitrogens is 2. The number of rotatable bonds is 4. The topological polar surface area (TPSA) is 8.81 Å². The van der Waals surface area contributed by atoms with Crippen LogP contribution in [0, 0.1) is 0 Å². The second-order valence-electron chi connectivity index (χ2n) is 3.38. The van der Waals surface area contributed by atoms with Crippen LogP contribution in [-0.4, -0.2) is 10.0 Å². The van der Waals surface area contributed by atoms with Gasteiger partial charge in [0.15, 0.2) is 12.7 Å². The largest absolute Gasteiger partial charge is 0.196 e. The molecule has 2 rings (SSSR count). The zero-order valence-electron chi connectivity index (χ0n) is 8.51. The van der Waals surface area contributed by atoms with E-state index in [0.717, 1.165) is 18.3 Å². The van der Waals surface area contributed by atoms with Crippen molar-refractivity contribution < 1.29 is 4.68 Å². The summed E-state index contributed by atoms with van der Waals surface area (Å²) in [5.74, 6) is 0. The molecular weight excluding hydrogens is 252 g/mol. The standard InChI is InChI=1S/C12H14BrN2/c13-8-4-9-14-10-5-11-15(14)12-6-2-1-3-7-12/h1-3,5-7,10-11H,4,8-9H2/q+1. The van der Waals surface area contributed by atoms with E-state index in [2.05, 4.69) is 68.0 Å². The molecule has 0 spiro atoms. The van der Waals surface area contributed by atoms with Gasteiger partial charge in [-0.15, -0.1) is 9.36 Å². The van der Waals surface area contributed by atoms with Gasteiger partial charge in [0.2, 0.25) is 0 Å². The number of aryl methyl sites for hydroxylation is 1. The highest BCUT2D eigenvalue weighted by Gasteiger charge is 2.08. The Morgan fingerprint density at radius 1 is 1.13 bits per heavy atom. The number of halogens is 1. The van der Waals surface area contributed by atoms with Gasteiger partial charge < -0.3 is 0 Å². The predicted molar refractivity (Wildman–Crippen MR) is 64.4 cm³/mol. The summed E-state index contributed by atoms with van der Waals surface area (Å²) in [5.41, 5.74) is 1.21. The molecule has 0 saturated carbocycles. The van der Waals surface area contributed by atoms with Gasteiger partial charge in [-0.3, -0.25) is 0 Å². The maximum Gasteiger partial charge on any atom is 0.196 e. The molecule has 1 aromatic heterocycles. The lowest BCUT2D eigenvalue weighted by Gasteiger charge is -2.01. The van der Waals surface area contributed by atoms with Crippen LogP contribution in [0.4, 0.5) is 0 Å². The molecule has 0 radical (unpaired) electrons. The third kappa shape index (κ3) is 2.48. The molecule has 0 aliphatic rings. The smallest absolute Gasteiger partial charge is 0.128 e.